The standard InChI is InChI=1S/C17H24N2O3/c1-11(2)14-6-5-12(3)15(9-14)22-13(4)17(21)19-8-7-18-16(20)10-19/h5-6,9,11,13H,7-8,10H2,1-4H3,(H,18,20)/t13-/m0/s1. The average Bonchev–Trinajstić information content (AvgIpc) is 2.48. The van der Waals surface area contributed by atoms with Gasteiger partial charge >= 0.3 is 0 Å². The van der Waals surface area contributed by atoms with Gasteiger partial charge < -0.3 is 15.0 Å². The molecule has 2 rings (SSSR count). The summed E-state index contributed by atoms with van der Waals surface area (Å²) in [5.41, 5.74) is 2.18. The monoisotopic (exact) mass is 304 g/mol. The van der Waals surface area contributed by atoms with Crippen LogP contribution in [0, 0.1) is 6.92 Å². The molecular formula is C17H24N2O3. The van der Waals surface area contributed by atoms with Gasteiger partial charge in [0.25, 0.3) is 5.91 Å². The number of hydrogen-bond donors (Lipinski definition) is 1. The van der Waals surface area contributed by atoms with Crippen molar-refractivity contribution in [2.24, 2.45) is 0 Å². The summed E-state index contributed by atoms with van der Waals surface area (Å²) in [6.07, 6.45) is -0.605. The number of ether oxygens (including phenoxy) is 1. The van der Waals surface area contributed by atoms with Crippen LogP contribution in [0.1, 0.15) is 37.8 Å². The van der Waals surface area contributed by atoms with Crippen molar-refractivity contribution < 1.29 is 14.3 Å². The second-order valence-corrected chi connectivity index (χ2v) is 6.05. The molecule has 0 saturated carbocycles. The van der Waals surface area contributed by atoms with E-state index in [2.05, 4.69) is 25.2 Å². The third-order valence-corrected chi connectivity index (χ3v) is 3.88. The van der Waals surface area contributed by atoms with Gasteiger partial charge in [-0.25, -0.2) is 0 Å². The van der Waals surface area contributed by atoms with E-state index in [1.54, 1.807) is 11.8 Å². The number of aryl methyl sites for hydroxylation is 1. The average molecular weight is 304 g/mol. The highest BCUT2D eigenvalue weighted by atomic mass is 16.5. The maximum Gasteiger partial charge on any atom is 0.263 e. The minimum atomic E-state index is -0.605. The predicted octanol–water partition coefficient (Wildman–Crippen LogP) is 1.84. The summed E-state index contributed by atoms with van der Waals surface area (Å²) in [7, 11) is 0. The Balaban J connectivity index is 2.07. The molecule has 2 amide bonds. The summed E-state index contributed by atoms with van der Waals surface area (Å²) in [6.45, 7) is 9.08. The molecule has 1 heterocycles. The Morgan fingerprint density at radius 2 is 2.05 bits per heavy atom. The number of carbonyl (C=O) groups excluding carboxylic acids is 2. The Bertz CT molecular complexity index is 569. The zero-order valence-electron chi connectivity index (χ0n) is 13.7. The van der Waals surface area contributed by atoms with Gasteiger partial charge in [0.2, 0.25) is 5.91 Å². The van der Waals surface area contributed by atoms with Gasteiger partial charge in [0.05, 0.1) is 6.54 Å². The van der Waals surface area contributed by atoms with Crippen LogP contribution in [0.15, 0.2) is 18.2 Å². The second-order valence-electron chi connectivity index (χ2n) is 6.05. The summed E-state index contributed by atoms with van der Waals surface area (Å²) in [4.78, 5) is 25.3. The summed E-state index contributed by atoms with van der Waals surface area (Å²) in [6, 6.07) is 6.08. The van der Waals surface area contributed by atoms with Crippen molar-refractivity contribution in [3.8, 4) is 5.75 Å². The number of rotatable bonds is 4. The number of nitrogens with one attached hydrogen (secondary N) is 1. The number of hydrogen-bond acceptors (Lipinski definition) is 3. The van der Waals surface area contributed by atoms with Crippen LogP contribution in [-0.4, -0.2) is 42.5 Å². The van der Waals surface area contributed by atoms with Crippen LogP contribution in [0.3, 0.4) is 0 Å². The van der Waals surface area contributed by atoms with Gasteiger partial charge in [0.1, 0.15) is 5.75 Å². The van der Waals surface area contributed by atoms with Crippen LogP contribution < -0.4 is 10.1 Å². The number of piperazine rings is 1. The minimum absolute atomic E-state index is 0.109. The van der Waals surface area contributed by atoms with Gasteiger partial charge in [-0.1, -0.05) is 26.0 Å². The van der Waals surface area contributed by atoms with Crippen molar-refractivity contribution in [1.82, 2.24) is 10.2 Å². The zero-order chi connectivity index (χ0) is 16.3. The number of benzene rings is 1. The normalized spacial score (nSPS) is 16.4. The summed E-state index contributed by atoms with van der Waals surface area (Å²) in [5, 5.41) is 2.71. The first-order valence-electron chi connectivity index (χ1n) is 7.71. The van der Waals surface area contributed by atoms with Gasteiger partial charge in [-0.2, -0.15) is 0 Å². The van der Waals surface area contributed by atoms with Crippen molar-refractivity contribution in [2.45, 2.75) is 39.7 Å². The second kappa shape index (κ2) is 6.81. The first-order valence-corrected chi connectivity index (χ1v) is 7.71. The van der Waals surface area contributed by atoms with Gasteiger partial charge in [0, 0.05) is 13.1 Å². The lowest BCUT2D eigenvalue weighted by atomic mass is 10.0. The fourth-order valence-corrected chi connectivity index (χ4v) is 2.43. The highest BCUT2D eigenvalue weighted by molar-refractivity contribution is 5.88. The van der Waals surface area contributed by atoms with Crippen molar-refractivity contribution in [1.29, 1.82) is 0 Å². The van der Waals surface area contributed by atoms with E-state index in [1.165, 1.54) is 5.56 Å². The van der Waals surface area contributed by atoms with Gasteiger partial charge in [-0.15, -0.1) is 0 Å². The summed E-state index contributed by atoms with van der Waals surface area (Å²) >= 11 is 0. The Morgan fingerprint density at radius 1 is 1.32 bits per heavy atom. The van der Waals surface area contributed by atoms with Crippen molar-refractivity contribution in [3.05, 3.63) is 29.3 Å². The molecule has 22 heavy (non-hydrogen) atoms. The smallest absolute Gasteiger partial charge is 0.263 e. The minimum Gasteiger partial charge on any atom is -0.481 e. The van der Waals surface area contributed by atoms with E-state index < -0.39 is 6.10 Å². The SMILES string of the molecule is Cc1ccc(C(C)C)cc1O[C@@H](C)C(=O)N1CCNC(=O)C1. The Kier molecular flexibility index (Phi) is 5.06. The van der Waals surface area contributed by atoms with E-state index in [0.29, 0.717) is 19.0 Å². The van der Waals surface area contributed by atoms with Crippen molar-refractivity contribution >= 4 is 11.8 Å². The third-order valence-electron chi connectivity index (χ3n) is 3.88. The zero-order valence-corrected chi connectivity index (χ0v) is 13.7. The lowest BCUT2D eigenvalue weighted by molar-refractivity contribution is -0.143. The summed E-state index contributed by atoms with van der Waals surface area (Å²) in [5.74, 6) is 0.863. The molecule has 5 heteroatoms. The highest BCUT2D eigenvalue weighted by Crippen LogP contribution is 2.25. The van der Waals surface area contributed by atoms with Gasteiger partial charge in [-0.3, -0.25) is 9.59 Å². The first-order chi connectivity index (χ1) is 10.4. The maximum absolute atomic E-state index is 12.4. The van der Waals surface area contributed by atoms with Crippen LogP contribution in [0.25, 0.3) is 0 Å². The molecule has 1 atom stereocenters. The maximum atomic E-state index is 12.4. The quantitative estimate of drug-likeness (QED) is 0.923. The van der Waals surface area contributed by atoms with E-state index in [9.17, 15) is 9.59 Å². The molecule has 0 aliphatic carbocycles. The topological polar surface area (TPSA) is 58.6 Å². The fraction of sp³-hybridized carbons (Fsp3) is 0.529. The number of amides is 2. The van der Waals surface area contributed by atoms with Gasteiger partial charge in [0.15, 0.2) is 6.10 Å². The molecule has 1 N–H and O–H groups in total. The van der Waals surface area contributed by atoms with E-state index in [4.69, 9.17) is 4.74 Å². The third kappa shape index (κ3) is 3.78. The van der Waals surface area contributed by atoms with E-state index >= 15 is 0 Å². The molecule has 1 aliphatic rings. The molecule has 0 bridgehead atoms. The Morgan fingerprint density at radius 3 is 2.68 bits per heavy atom. The van der Waals surface area contributed by atoms with Crippen LogP contribution in [-0.2, 0) is 9.59 Å². The molecule has 0 spiro atoms. The lowest BCUT2D eigenvalue weighted by Gasteiger charge is -2.29. The highest BCUT2D eigenvalue weighted by Gasteiger charge is 2.26. The van der Waals surface area contributed by atoms with Crippen LogP contribution in [0.2, 0.25) is 0 Å². The molecule has 1 aliphatic heterocycles. The van der Waals surface area contributed by atoms with Crippen molar-refractivity contribution in [3.63, 3.8) is 0 Å². The molecular weight excluding hydrogens is 280 g/mol. The fourth-order valence-electron chi connectivity index (χ4n) is 2.43. The van der Waals surface area contributed by atoms with Crippen molar-refractivity contribution in [2.75, 3.05) is 19.6 Å². The lowest BCUT2D eigenvalue weighted by Crippen LogP contribution is -2.53. The van der Waals surface area contributed by atoms with E-state index in [0.717, 1.165) is 11.3 Å². The Labute approximate surface area is 131 Å². The molecule has 0 radical (unpaired) electrons. The number of carbonyl (C=O) groups is 2. The molecule has 0 unspecified atom stereocenters. The molecule has 1 fully saturated rings. The largest absolute Gasteiger partial charge is 0.481 e. The molecule has 0 aromatic heterocycles. The predicted molar refractivity (Wildman–Crippen MR) is 84.9 cm³/mol. The van der Waals surface area contributed by atoms with Gasteiger partial charge in [-0.05, 0) is 37.0 Å². The van der Waals surface area contributed by atoms with Crippen LogP contribution >= 0.6 is 0 Å². The molecule has 120 valence electrons. The molecule has 1 saturated heterocycles. The first kappa shape index (κ1) is 16.3. The summed E-state index contributed by atoms with van der Waals surface area (Å²) < 4.78 is 5.86. The number of nitrogens with zero attached hydrogens (tertiary/aromatic N) is 1. The Hall–Kier alpha value is -2.04. The molecule has 1 aromatic carbocycles. The van der Waals surface area contributed by atoms with E-state index in [1.807, 2.05) is 19.1 Å². The van der Waals surface area contributed by atoms with E-state index in [-0.39, 0.29) is 18.4 Å². The molecule has 5 nitrogen and oxygen atoms in total. The van der Waals surface area contributed by atoms with Crippen LogP contribution in [0.5, 0.6) is 5.75 Å². The molecule has 1 aromatic rings. The van der Waals surface area contributed by atoms with Crippen LogP contribution in [0.4, 0.5) is 0 Å².